The zero-order valence-electron chi connectivity index (χ0n) is 11.7. The van der Waals surface area contributed by atoms with Gasteiger partial charge in [0.05, 0.1) is 13.2 Å². The summed E-state index contributed by atoms with van der Waals surface area (Å²) in [6.45, 7) is 4.60. The molecule has 0 heterocycles. The maximum atomic E-state index is 11.7. The number of halogens is 1. The van der Waals surface area contributed by atoms with Crippen molar-refractivity contribution in [2.45, 2.75) is 32.9 Å². The van der Waals surface area contributed by atoms with Gasteiger partial charge in [0, 0.05) is 6.54 Å². The van der Waals surface area contributed by atoms with Crippen LogP contribution in [0.25, 0.3) is 0 Å². The number of amides is 1. The summed E-state index contributed by atoms with van der Waals surface area (Å²) < 4.78 is 5.07. The Labute approximate surface area is 121 Å². The van der Waals surface area contributed by atoms with Crippen LogP contribution in [0.2, 0.25) is 0 Å². The molecule has 5 heteroatoms. The van der Waals surface area contributed by atoms with Crippen molar-refractivity contribution < 1.29 is 9.53 Å². The van der Waals surface area contributed by atoms with Crippen LogP contribution in [0.3, 0.4) is 0 Å². The van der Waals surface area contributed by atoms with Gasteiger partial charge in [0.25, 0.3) is 0 Å². The molecule has 1 rings (SSSR count). The van der Waals surface area contributed by atoms with Crippen LogP contribution in [-0.2, 0) is 11.3 Å². The number of nitrogens with two attached hydrogens (primary N) is 1. The fourth-order valence-corrected chi connectivity index (χ4v) is 1.68. The molecule has 1 aromatic rings. The molecule has 1 atom stereocenters. The van der Waals surface area contributed by atoms with E-state index in [0.717, 1.165) is 11.3 Å². The van der Waals surface area contributed by atoms with Crippen LogP contribution in [0, 0.1) is 5.92 Å². The third-order valence-corrected chi connectivity index (χ3v) is 2.69. The SMILES string of the molecule is COc1ccc(CNC(=O)[C@@H](N)CC(C)C)cc1.Cl. The molecule has 0 fully saturated rings. The lowest BCUT2D eigenvalue weighted by molar-refractivity contribution is -0.122. The molecule has 0 saturated carbocycles. The Balaban J connectivity index is 0.00000324. The number of ether oxygens (including phenoxy) is 1. The topological polar surface area (TPSA) is 64.3 Å². The van der Waals surface area contributed by atoms with E-state index in [2.05, 4.69) is 19.2 Å². The molecular weight excluding hydrogens is 264 g/mol. The first-order valence-electron chi connectivity index (χ1n) is 6.19. The molecule has 3 N–H and O–H groups in total. The second-order valence-electron chi connectivity index (χ2n) is 4.80. The first-order valence-corrected chi connectivity index (χ1v) is 6.19. The number of nitrogens with one attached hydrogen (secondary N) is 1. The van der Waals surface area contributed by atoms with Gasteiger partial charge in [-0.3, -0.25) is 4.79 Å². The highest BCUT2D eigenvalue weighted by Crippen LogP contribution is 2.11. The Morgan fingerprint density at radius 1 is 1.32 bits per heavy atom. The van der Waals surface area contributed by atoms with E-state index in [4.69, 9.17) is 10.5 Å². The third-order valence-electron chi connectivity index (χ3n) is 2.69. The van der Waals surface area contributed by atoms with E-state index in [9.17, 15) is 4.79 Å². The number of rotatable bonds is 6. The molecule has 0 aromatic heterocycles. The van der Waals surface area contributed by atoms with Crippen LogP contribution < -0.4 is 15.8 Å². The fraction of sp³-hybridized carbons (Fsp3) is 0.500. The molecule has 19 heavy (non-hydrogen) atoms. The van der Waals surface area contributed by atoms with Crippen molar-refractivity contribution in [3.05, 3.63) is 29.8 Å². The summed E-state index contributed by atoms with van der Waals surface area (Å²) in [6.07, 6.45) is 0.703. The number of hydrogen-bond acceptors (Lipinski definition) is 3. The van der Waals surface area contributed by atoms with Crippen molar-refractivity contribution in [2.24, 2.45) is 11.7 Å². The molecule has 0 radical (unpaired) electrons. The van der Waals surface area contributed by atoms with Gasteiger partial charge in [-0.25, -0.2) is 0 Å². The first-order chi connectivity index (χ1) is 8.52. The van der Waals surface area contributed by atoms with Crippen molar-refractivity contribution in [1.29, 1.82) is 0 Å². The molecule has 4 nitrogen and oxygen atoms in total. The van der Waals surface area contributed by atoms with Gasteiger partial charge >= 0.3 is 0 Å². The largest absolute Gasteiger partial charge is 0.497 e. The summed E-state index contributed by atoms with van der Waals surface area (Å²) in [6, 6.07) is 7.16. The van der Waals surface area contributed by atoms with Gasteiger partial charge in [-0.1, -0.05) is 26.0 Å². The van der Waals surface area contributed by atoms with E-state index >= 15 is 0 Å². The Kier molecular flexibility index (Phi) is 8.19. The van der Waals surface area contributed by atoms with E-state index in [0.29, 0.717) is 18.9 Å². The van der Waals surface area contributed by atoms with Gasteiger partial charge in [0.1, 0.15) is 5.75 Å². The summed E-state index contributed by atoms with van der Waals surface area (Å²) in [4.78, 5) is 11.7. The fourth-order valence-electron chi connectivity index (χ4n) is 1.68. The number of benzene rings is 1. The Morgan fingerprint density at radius 2 is 1.89 bits per heavy atom. The minimum atomic E-state index is -0.428. The molecule has 0 spiro atoms. The van der Waals surface area contributed by atoms with Crippen molar-refractivity contribution >= 4 is 18.3 Å². The lowest BCUT2D eigenvalue weighted by Gasteiger charge is -2.14. The predicted octanol–water partition coefficient (Wildman–Crippen LogP) is 2.11. The second kappa shape index (κ2) is 8.77. The lowest BCUT2D eigenvalue weighted by atomic mass is 10.0. The highest BCUT2D eigenvalue weighted by Gasteiger charge is 2.14. The van der Waals surface area contributed by atoms with Crippen molar-refractivity contribution in [2.75, 3.05) is 7.11 Å². The van der Waals surface area contributed by atoms with Crippen molar-refractivity contribution in [1.82, 2.24) is 5.32 Å². The average molecular weight is 287 g/mol. The molecule has 0 unspecified atom stereocenters. The molecule has 1 amide bonds. The van der Waals surface area contributed by atoms with E-state index in [1.807, 2.05) is 24.3 Å². The molecule has 0 aliphatic heterocycles. The summed E-state index contributed by atoms with van der Waals surface area (Å²) in [7, 11) is 1.63. The van der Waals surface area contributed by atoms with Crippen molar-refractivity contribution in [3.8, 4) is 5.75 Å². The van der Waals surface area contributed by atoms with Crippen LogP contribution >= 0.6 is 12.4 Å². The molecule has 0 aliphatic carbocycles. The summed E-state index contributed by atoms with van der Waals surface area (Å²) in [5, 5.41) is 2.84. The summed E-state index contributed by atoms with van der Waals surface area (Å²) in [5.41, 5.74) is 6.82. The van der Waals surface area contributed by atoms with Crippen LogP contribution in [-0.4, -0.2) is 19.1 Å². The second-order valence-corrected chi connectivity index (χ2v) is 4.80. The molecule has 1 aromatic carbocycles. The smallest absolute Gasteiger partial charge is 0.237 e. The van der Waals surface area contributed by atoms with Gasteiger partial charge in [-0.15, -0.1) is 12.4 Å². The minimum Gasteiger partial charge on any atom is -0.497 e. The lowest BCUT2D eigenvalue weighted by Crippen LogP contribution is -2.40. The quantitative estimate of drug-likeness (QED) is 0.842. The van der Waals surface area contributed by atoms with E-state index in [-0.39, 0.29) is 18.3 Å². The van der Waals surface area contributed by atoms with Gasteiger partial charge < -0.3 is 15.8 Å². The highest BCUT2D eigenvalue weighted by atomic mass is 35.5. The average Bonchev–Trinajstić information content (AvgIpc) is 2.35. The molecule has 0 aliphatic rings. The highest BCUT2D eigenvalue weighted by molar-refractivity contribution is 5.85. The number of methoxy groups -OCH3 is 1. The third kappa shape index (κ3) is 6.45. The standard InChI is InChI=1S/C14H22N2O2.ClH/c1-10(2)8-13(15)14(17)16-9-11-4-6-12(18-3)7-5-11;/h4-7,10,13H,8-9,15H2,1-3H3,(H,16,17);1H/t13-;/m0./s1. The minimum absolute atomic E-state index is 0. The normalized spacial score (nSPS) is 11.6. The summed E-state index contributed by atoms with van der Waals surface area (Å²) in [5.74, 6) is 1.13. The molecule has 0 bridgehead atoms. The maximum absolute atomic E-state index is 11.7. The first kappa shape index (κ1) is 17.7. The van der Waals surface area contributed by atoms with E-state index in [1.54, 1.807) is 7.11 Å². The zero-order chi connectivity index (χ0) is 13.5. The van der Waals surface area contributed by atoms with Gasteiger partial charge in [-0.2, -0.15) is 0 Å². The van der Waals surface area contributed by atoms with Gasteiger partial charge in [-0.05, 0) is 30.0 Å². The number of hydrogen-bond donors (Lipinski definition) is 2. The number of carbonyl (C=O) groups excluding carboxylic acids is 1. The zero-order valence-corrected chi connectivity index (χ0v) is 12.5. The van der Waals surface area contributed by atoms with Crippen LogP contribution in [0.15, 0.2) is 24.3 Å². The van der Waals surface area contributed by atoms with Crippen LogP contribution in [0.1, 0.15) is 25.8 Å². The van der Waals surface area contributed by atoms with Crippen LogP contribution in [0.4, 0.5) is 0 Å². The van der Waals surface area contributed by atoms with Gasteiger partial charge in [0.15, 0.2) is 0 Å². The van der Waals surface area contributed by atoms with Gasteiger partial charge in [0.2, 0.25) is 5.91 Å². The Bertz CT molecular complexity index is 380. The maximum Gasteiger partial charge on any atom is 0.237 e. The van der Waals surface area contributed by atoms with Crippen LogP contribution in [0.5, 0.6) is 5.75 Å². The summed E-state index contributed by atoms with van der Waals surface area (Å²) >= 11 is 0. The molecule has 0 saturated heterocycles. The Morgan fingerprint density at radius 3 is 2.37 bits per heavy atom. The predicted molar refractivity (Wildman–Crippen MR) is 79.5 cm³/mol. The van der Waals surface area contributed by atoms with E-state index < -0.39 is 6.04 Å². The molecular formula is C14H23ClN2O2. The Hall–Kier alpha value is -1.26. The molecule has 108 valence electrons. The number of carbonyl (C=O) groups is 1. The monoisotopic (exact) mass is 286 g/mol. The van der Waals surface area contributed by atoms with E-state index in [1.165, 1.54) is 0 Å². The van der Waals surface area contributed by atoms with Crippen molar-refractivity contribution in [3.63, 3.8) is 0 Å².